The Morgan fingerprint density at radius 1 is 1.00 bits per heavy atom. The lowest BCUT2D eigenvalue weighted by Gasteiger charge is -2.09. The summed E-state index contributed by atoms with van der Waals surface area (Å²) in [5, 5.41) is 16.3. The predicted octanol–water partition coefficient (Wildman–Crippen LogP) is 5.62. The zero-order chi connectivity index (χ0) is 23.5. The van der Waals surface area contributed by atoms with Gasteiger partial charge in [0.15, 0.2) is 0 Å². The van der Waals surface area contributed by atoms with E-state index in [2.05, 4.69) is 45.4 Å². The third-order valence-electron chi connectivity index (χ3n) is 5.75. The Morgan fingerprint density at radius 3 is 2.59 bits per heavy atom. The first-order valence-corrected chi connectivity index (χ1v) is 10.7. The fourth-order valence-corrected chi connectivity index (χ4v) is 4.11. The maximum atomic E-state index is 14.1. The van der Waals surface area contributed by atoms with Crippen LogP contribution in [0.5, 0.6) is 0 Å². The highest BCUT2D eigenvalue weighted by Crippen LogP contribution is 2.24. The van der Waals surface area contributed by atoms with Gasteiger partial charge in [-0.3, -0.25) is 4.79 Å². The summed E-state index contributed by atoms with van der Waals surface area (Å²) in [6, 6.07) is 28.1. The predicted molar refractivity (Wildman–Crippen MR) is 131 cm³/mol. The van der Waals surface area contributed by atoms with E-state index in [0.717, 1.165) is 22.5 Å². The molecule has 164 valence electrons. The summed E-state index contributed by atoms with van der Waals surface area (Å²) < 4.78 is 16.3. The van der Waals surface area contributed by atoms with Gasteiger partial charge < -0.3 is 4.57 Å². The number of nitriles is 1. The van der Waals surface area contributed by atoms with Crippen molar-refractivity contribution in [1.82, 2.24) is 9.99 Å². The molecule has 0 saturated carbocycles. The summed E-state index contributed by atoms with van der Waals surface area (Å²) >= 11 is 0. The van der Waals surface area contributed by atoms with Crippen molar-refractivity contribution in [2.75, 3.05) is 0 Å². The number of aromatic nitrogens is 1. The molecule has 0 spiro atoms. The van der Waals surface area contributed by atoms with E-state index in [1.807, 2.05) is 48.7 Å². The second kappa shape index (κ2) is 9.00. The lowest BCUT2D eigenvalue weighted by Crippen LogP contribution is -2.19. The first-order valence-electron chi connectivity index (χ1n) is 10.7. The molecule has 34 heavy (non-hydrogen) atoms. The Morgan fingerprint density at radius 2 is 1.76 bits per heavy atom. The fraction of sp³-hybridized carbons (Fsp3) is 0.0357. The normalized spacial score (nSPS) is 11.2. The summed E-state index contributed by atoms with van der Waals surface area (Å²) in [5.74, 6) is -1.45. The van der Waals surface area contributed by atoms with Gasteiger partial charge in [0.2, 0.25) is 0 Å². The van der Waals surface area contributed by atoms with E-state index in [0.29, 0.717) is 6.54 Å². The van der Waals surface area contributed by atoms with Crippen molar-refractivity contribution >= 4 is 33.8 Å². The molecule has 5 aromatic rings. The largest absolute Gasteiger partial charge is 0.342 e. The van der Waals surface area contributed by atoms with Crippen LogP contribution in [-0.4, -0.2) is 16.7 Å². The summed E-state index contributed by atoms with van der Waals surface area (Å²) in [6.07, 6.45) is 3.55. The monoisotopic (exact) mass is 446 g/mol. The molecule has 0 aliphatic heterocycles. The number of carbonyl (C=O) groups excluding carboxylic acids is 1. The second-order valence-electron chi connectivity index (χ2n) is 7.87. The van der Waals surface area contributed by atoms with Crippen molar-refractivity contribution < 1.29 is 9.18 Å². The Balaban J connectivity index is 1.42. The number of nitrogens with zero attached hydrogens (tertiary/aromatic N) is 3. The van der Waals surface area contributed by atoms with Gasteiger partial charge in [-0.2, -0.15) is 10.4 Å². The number of rotatable bonds is 5. The smallest absolute Gasteiger partial charge is 0.274 e. The van der Waals surface area contributed by atoms with Crippen molar-refractivity contribution in [2.45, 2.75) is 6.54 Å². The van der Waals surface area contributed by atoms with Crippen LogP contribution in [0.1, 0.15) is 27.0 Å². The summed E-state index contributed by atoms with van der Waals surface area (Å²) in [7, 11) is 0. The lowest BCUT2D eigenvalue weighted by molar-refractivity contribution is 0.0951. The van der Waals surface area contributed by atoms with Gasteiger partial charge in [-0.05, 0) is 40.6 Å². The van der Waals surface area contributed by atoms with Gasteiger partial charge >= 0.3 is 0 Å². The van der Waals surface area contributed by atoms with Crippen LogP contribution in [0.3, 0.4) is 0 Å². The Kier molecular flexibility index (Phi) is 5.59. The molecule has 5 rings (SSSR count). The molecule has 0 atom stereocenters. The summed E-state index contributed by atoms with van der Waals surface area (Å²) in [4.78, 5) is 12.3. The standard InChI is InChI=1S/C28H19FN4O/c29-26-14-19(15-30)12-13-25(26)28(34)32-31-16-22-18-33(27-11-4-3-10-24(22)27)17-21-8-5-7-20-6-1-2-9-23(20)21/h1-14,16,18H,17H2,(H,32,34)/b31-16+. The molecule has 1 amide bonds. The van der Waals surface area contributed by atoms with Crippen molar-refractivity contribution in [3.63, 3.8) is 0 Å². The van der Waals surface area contributed by atoms with Gasteiger partial charge in [-0.15, -0.1) is 0 Å². The highest BCUT2D eigenvalue weighted by atomic mass is 19.1. The SMILES string of the molecule is N#Cc1ccc(C(=O)N/N=C/c2cn(Cc3cccc4ccccc34)c3ccccc23)c(F)c1. The van der Waals surface area contributed by atoms with Crippen LogP contribution in [0.25, 0.3) is 21.7 Å². The van der Waals surface area contributed by atoms with Crippen LogP contribution < -0.4 is 5.43 Å². The highest BCUT2D eigenvalue weighted by molar-refractivity contribution is 6.01. The van der Waals surface area contributed by atoms with Crippen molar-refractivity contribution in [3.8, 4) is 6.07 Å². The van der Waals surface area contributed by atoms with Crippen LogP contribution in [0.15, 0.2) is 96.2 Å². The third-order valence-corrected chi connectivity index (χ3v) is 5.75. The lowest BCUT2D eigenvalue weighted by atomic mass is 10.0. The minimum absolute atomic E-state index is 0.150. The minimum atomic E-state index is -0.765. The van der Waals surface area contributed by atoms with Gasteiger partial charge in [-0.25, -0.2) is 9.82 Å². The topological polar surface area (TPSA) is 70.2 Å². The van der Waals surface area contributed by atoms with E-state index in [1.165, 1.54) is 28.5 Å². The molecule has 0 aliphatic rings. The minimum Gasteiger partial charge on any atom is -0.342 e. The molecule has 0 radical (unpaired) electrons. The molecule has 1 aromatic heterocycles. The first-order chi connectivity index (χ1) is 16.6. The Labute approximate surface area is 195 Å². The van der Waals surface area contributed by atoms with Gasteiger partial charge in [0.1, 0.15) is 5.82 Å². The number of fused-ring (bicyclic) bond motifs is 2. The summed E-state index contributed by atoms with van der Waals surface area (Å²) in [5.41, 5.74) is 5.42. The van der Waals surface area contributed by atoms with Crippen LogP contribution in [-0.2, 0) is 6.54 Å². The quantitative estimate of drug-likeness (QED) is 0.281. The number of hydrogen-bond acceptors (Lipinski definition) is 3. The van der Waals surface area contributed by atoms with Gasteiger partial charge in [0, 0.05) is 29.2 Å². The number of hydrogen-bond donors (Lipinski definition) is 1. The molecule has 0 bridgehead atoms. The van der Waals surface area contributed by atoms with E-state index >= 15 is 0 Å². The Hall–Kier alpha value is -4.76. The van der Waals surface area contributed by atoms with E-state index < -0.39 is 11.7 Å². The van der Waals surface area contributed by atoms with E-state index in [9.17, 15) is 9.18 Å². The average Bonchev–Trinajstić information content (AvgIpc) is 3.21. The zero-order valence-electron chi connectivity index (χ0n) is 18.1. The number of nitrogens with one attached hydrogen (secondary N) is 1. The second-order valence-corrected chi connectivity index (χ2v) is 7.87. The molecular formula is C28H19FN4O. The van der Waals surface area contributed by atoms with Gasteiger partial charge in [0.05, 0.1) is 23.4 Å². The van der Waals surface area contributed by atoms with Crippen molar-refractivity contribution in [2.24, 2.45) is 5.10 Å². The van der Waals surface area contributed by atoms with Crippen molar-refractivity contribution in [1.29, 1.82) is 5.26 Å². The van der Waals surface area contributed by atoms with Gasteiger partial charge in [-0.1, -0.05) is 60.7 Å². The van der Waals surface area contributed by atoms with E-state index in [4.69, 9.17) is 5.26 Å². The molecule has 0 aliphatic carbocycles. The number of hydrazone groups is 1. The number of halogens is 1. The fourth-order valence-electron chi connectivity index (χ4n) is 4.11. The van der Waals surface area contributed by atoms with E-state index in [-0.39, 0.29) is 11.1 Å². The van der Waals surface area contributed by atoms with Crippen LogP contribution >= 0.6 is 0 Å². The Bertz CT molecular complexity index is 1610. The first kappa shape index (κ1) is 21.1. The molecule has 0 unspecified atom stereocenters. The molecule has 6 heteroatoms. The molecule has 0 saturated heterocycles. The number of para-hydroxylation sites is 1. The van der Waals surface area contributed by atoms with Crippen LogP contribution in [0.2, 0.25) is 0 Å². The molecule has 1 heterocycles. The average molecular weight is 446 g/mol. The molecular weight excluding hydrogens is 427 g/mol. The van der Waals surface area contributed by atoms with Gasteiger partial charge in [0.25, 0.3) is 5.91 Å². The van der Waals surface area contributed by atoms with Crippen LogP contribution in [0, 0.1) is 17.1 Å². The maximum absolute atomic E-state index is 14.1. The zero-order valence-corrected chi connectivity index (χ0v) is 18.1. The van der Waals surface area contributed by atoms with Crippen molar-refractivity contribution in [3.05, 3.63) is 119 Å². The number of carbonyl (C=O) groups is 1. The number of amides is 1. The number of benzene rings is 4. The molecule has 0 fully saturated rings. The molecule has 5 nitrogen and oxygen atoms in total. The highest BCUT2D eigenvalue weighted by Gasteiger charge is 2.12. The third kappa shape index (κ3) is 4.03. The molecule has 1 N–H and O–H groups in total. The van der Waals surface area contributed by atoms with E-state index in [1.54, 1.807) is 6.21 Å². The van der Waals surface area contributed by atoms with Crippen LogP contribution in [0.4, 0.5) is 4.39 Å². The summed E-state index contributed by atoms with van der Waals surface area (Å²) in [6.45, 7) is 0.679. The molecule has 4 aromatic carbocycles. The maximum Gasteiger partial charge on any atom is 0.274 e.